The molecule has 0 fully saturated rings. The van der Waals surface area contributed by atoms with Crippen molar-refractivity contribution in [2.45, 2.75) is 32.3 Å². The monoisotopic (exact) mass is 226 g/mol. The Labute approximate surface area is 94.9 Å². The Morgan fingerprint density at radius 1 is 1.40 bits per heavy atom. The summed E-state index contributed by atoms with van der Waals surface area (Å²) in [5.41, 5.74) is -0.349. The van der Waals surface area contributed by atoms with Gasteiger partial charge in [-0.15, -0.1) is 0 Å². The molecule has 1 aromatic rings. The molecule has 15 heavy (non-hydrogen) atoms. The first-order chi connectivity index (χ1) is 6.95. The van der Waals surface area contributed by atoms with Crippen LogP contribution in [0.2, 0.25) is 5.02 Å². The lowest BCUT2D eigenvalue weighted by molar-refractivity contribution is -0.135. The molecule has 2 nitrogen and oxygen atoms in total. The Hall–Kier alpha value is -0.860. The van der Waals surface area contributed by atoms with E-state index in [4.69, 9.17) is 11.6 Å². The summed E-state index contributed by atoms with van der Waals surface area (Å²) < 4.78 is 0. The molecule has 82 valence electrons. The fourth-order valence-corrected chi connectivity index (χ4v) is 1.30. The second kappa shape index (κ2) is 4.77. The molecule has 0 aliphatic carbocycles. The number of halogens is 1. The van der Waals surface area contributed by atoms with Gasteiger partial charge >= 0.3 is 0 Å². The van der Waals surface area contributed by atoms with Gasteiger partial charge in [0.1, 0.15) is 5.60 Å². The molecule has 0 bridgehead atoms. The average molecular weight is 227 g/mol. The van der Waals surface area contributed by atoms with E-state index in [2.05, 4.69) is 0 Å². The predicted octanol–water partition coefficient (Wildman–Crippen LogP) is 2.61. The van der Waals surface area contributed by atoms with Gasteiger partial charge in [0.25, 0.3) is 0 Å². The van der Waals surface area contributed by atoms with Gasteiger partial charge in [0.05, 0.1) is 0 Å². The van der Waals surface area contributed by atoms with E-state index in [1.807, 2.05) is 0 Å². The van der Waals surface area contributed by atoms with E-state index in [9.17, 15) is 9.90 Å². The highest BCUT2D eigenvalue weighted by atomic mass is 35.5. The largest absolute Gasteiger partial charge is 0.382 e. The van der Waals surface area contributed by atoms with Crippen LogP contribution in [-0.4, -0.2) is 16.5 Å². The van der Waals surface area contributed by atoms with Crippen LogP contribution >= 0.6 is 11.6 Å². The second-order valence-electron chi connectivity index (χ2n) is 3.85. The van der Waals surface area contributed by atoms with Gasteiger partial charge in [0.2, 0.25) is 0 Å². The summed E-state index contributed by atoms with van der Waals surface area (Å²) in [6.45, 7) is 3.34. The molecular formula is C12H15ClO2. The molecule has 1 N–H and O–H groups in total. The first-order valence-corrected chi connectivity index (χ1v) is 5.33. The van der Waals surface area contributed by atoms with E-state index in [1.165, 1.54) is 0 Å². The molecular weight excluding hydrogens is 212 g/mol. The van der Waals surface area contributed by atoms with Gasteiger partial charge in [-0.1, -0.05) is 30.7 Å². The number of hydrogen-bond donors (Lipinski definition) is 1. The SMILES string of the molecule is CCC(C)(O)C(=O)Cc1ccc(Cl)cc1. The maximum Gasteiger partial charge on any atom is 0.168 e. The van der Waals surface area contributed by atoms with E-state index in [1.54, 1.807) is 38.1 Å². The first kappa shape index (κ1) is 12.2. The molecule has 1 atom stereocenters. The number of benzene rings is 1. The number of ketones is 1. The van der Waals surface area contributed by atoms with E-state index < -0.39 is 5.60 Å². The highest BCUT2D eigenvalue weighted by Gasteiger charge is 2.27. The van der Waals surface area contributed by atoms with Crippen molar-refractivity contribution in [2.75, 3.05) is 0 Å². The summed E-state index contributed by atoms with van der Waals surface area (Å²) in [4.78, 5) is 11.7. The number of carbonyl (C=O) groups is 1. The van der Waals surface area contributed by atoms with Crippen molar-refractivity contribution in [3.63, 3.8) is 0 Å². The Kier molecular flexibility index (Phi) is 3.89. The lowest BCUT2D eigenvalue weighted by atomic mass is 9.93. The summed E-state index contributed by atoms with van der Waals surface area (Å²) >= 11 is 5.73. The normalized spacial score (nSPS) is 14.7. The second-order valence-corrected chi connectivity index (χ2v) is 4.29. The lowest BCUT2D eigenvalue weighted by Gasteiger charge is -2.19. The van der Waals surface area contributed by atoms with Crippen molar-refractivity contribution in [2.24, 2.45) is 0 Å². The fraction of sp³-hybridized carbons (Fsp3) is 0.417. The summed E-state index contributed by atoms with van der Waals surface area (Å²) in [7, 11) is 0. The summed E-state index contributed by atoms with van der Waals surface area (Å²) in [6.07, 6.45) is 0.678. The molecule has 0 spiro atoms. The first-order valence-electron chi connectivity index (χ1n) is 4.96. The average Bonchev–Trinajstić information content (AvgIpc) is 2.21. The topological polar surface area (TPSA) is 37.3 Å². The third-order valence-electron chi connectivity index (χ3n) is 2.57. The standard InChI is InChI=1S/C12H15ClO2/c1-3-12(2,15)11(14)8-9-4-6-10(13)7-5-9/h4-7,15H,3,8H2,1-2H3. The summed E-state index contributed by atoms with van der Waals surface area (Å²) in [5, 5.41) is 10.4. The number of rotatable bonds is 4. The van der Waals surface area contributed by atoms with Gasteiger partial charge in [0, 0.05) is 11.4 Å². The molecule has 0 saturated heterocycles. The zero-order valence-corrected chi connectivity index (χ0v) is 9.71. The van der Waals surface area contributed by atoms with E-state index in [-0.39, 0.29) is 12.2 Å². The Balaban J connectivity index is 2.71. The van der Waals surface area contributed by atoms with Crippen LogP contribution in [0, 0.1) is 0 Å². The van der Waals surface area contributed by atoms with Crippen molar-refractivity contribution in [1.29, 1.82) is 0 Å². The van der Waals surface area contributed by atoms with Crippen LogP contribution in [0.15, 0.2) is 24.3 Å². The molecule has 1 unspecified atom stereocenters. The quantitative estimate of drug-likeness (QED) is 0.857. The summed E-state index contributed by atoms with van der Waals surface area (Å²) in [5.74, 6) is -0.160. The summed E-state index contributed by atoms with van der Waals surface area (Å²) in [6, 6.07) is 7.08. The molecule has 0 radical (unpaired) electrons. The van der Waals surface area contributed by atoms with Crippen LogP contribution in [0.4, 0.5) is 0 Å². The molecule has 0 amide bonds. The molecule has 0 heterocycles. The lowest BCUT2D eigenvalue weighted by Crippen LogP contribution is -2.35. The predicted molar refractivity (Wildman–Crippen MR) is 61.1 cm³/mol. The molecule has 0 aliphatic heterocycles. The minimum Gasteiger partial charge on any atom is -0.382 e. The number of Topliss-reactive ketones (excluding diaryl/α,β-unsaturated/α-hetero) is 1. The van der Waals surface area contributed by atoms with Crippen LogP contribution in [-0.2, 0) is 11.2 Å². The van der Waals surface area contributed by atoms with Crippen LogP contribution in [0.1, 0.15) is 25.8 Å². The maximum absolute atomic E-state index is 11.7. The van der Waals surface area contributed by atoms with Crippen molar-refractivity contribution in [3.8, 4) is 0 Å². The third kappa shape index (κ3) is 3.33. The molecule has 1 aromatic carbocycles. The van der Waals surface area contributed by atoms with Crippen LogP contribution in [0.3, 0.4) is 0 Å². The zero-order valence-electron chi connectivity index (χ0n) is 8.96. The van der Waals surface area contributed by atoms with Gasteiger partial charge in [-0.05, 0) is 31.0 Å². The van der Waals surface area contributed by atoms with Crippen molar-refractivity contribution in [1.82, 2.24) is 0 Å². The Morgan fingerprint density at radius 2 is 1.93 bits per heavy atom. The maximum atomic E-state index is 11.7. The molecule has 0 saturated carbocycles. The van der Waals surface area contributed by atoms with Crippen molar-refractivity contribution < 1.29 is 9.90 Å². The molecule has 3 heteroatoms. The van der Waals surface area contributed by atoms with Gasteiger partial charge in [-0.2, -0.15) is 0 Å². The minimum atomic E-state index is -1.22. The Morgan fingerprint density at radius 3 is 2.40 bits per heavy atom. The minimum absolute atomic E-state index is 0.160. The Bertz CT molecular complexity index is 341. The molecule has 0 aliphatic rings. The van der Waals surface area contributed by atoms with Gasteiger partial charge in [-0.3, -0.25) is 4.79 Å². The van der Waals surface area contributed by atoms with Gasteiger partial charge < -0.3 is 5.11 Å². The van der Waals surface area contributed by atoms with Crippen molar-refractivity contribution >= 4 is 17.4 Å². The highest BCUT2D eigenvalue weighted by molar-refractivity contribution is 6.30. The zero-order chi connectivity index (χ0) is 11.5. The van der Waals surface area contributed by atoms with Crippen molar-refractivity contribution in [3.05, 3.63) is 34.9 Å². The molecule has 0 aromatic heterocycles. The smallest absolute Gasteiger partial charge is 0.168 e. The third-order valence-corrected chi connectivity index (χ3v) is 2.82. The molecule has 1 rings (SSSR count). The number of carbonyl (C=O) groups excluding carboxylic acids is 1. The van der Waals surface area contributed by atoms with E-state index >= 15 is 0 Å². The van der Waals surface area contributed by atoms with E-state index in [0.29, 0.717) is 11.4 Å². The number of hydrogen-bond acceptors (Lipinski definition) is 2. The van der Waals surface area contributed by atoms with Gasteiger partial charge in [-0.25, -0.2) is 0 Å². The van der Waals surface area contributed by atoms with Crippen LogP contribution < -0.4 is 0 Å². The number of aliphatic hydroxyl groups is 1. The highest BCUT2D eigenvalue weighted by Crippen LogP contribution is 2.15. The van der Waals surface area contributed by atoms with Crippen LogP contribution in [0.25, 0.3) is 0 Å². The fourth-order valence-electron chi connectivity index (χ4n) is 1.18. The van der Waals surface area contributed by atoms with Gasteiger partial charge in [0.15, 0.2) is 5.78 Å². The van der Waals surface area contributed by atoms with Crippen LogP contribution in [0.5, 0.6) is 0 Å². The van der Waals surface area contributed by atoms with E-state index in [0.717, 1.165) is 5.56 Å².